The number of benzene rings is 2. The molecule has 0 spiro atoms. The van der Waals surface area contributed by atoms with Crippen LogP contribution < -0.4 is 10.6 Å². The van der Waals surface area contributed by atoms with E-state index in [-0.39, 0.29) is 11.9 Å². The highest BCUT2D eigenvalue weighted by Crippen LogP contribution is 2.40. The number of anilines is 2. The van der Waals surface area contributed by atoms with Gasteiger partial charge in [0.25, 0.3) is 5.91 Å². The number of carbonyl (C=O) groups excluding carboxylic acids is 2. The zero-order chi connectivity index (χ0) is 13.9. The van der Waals surface area contributed by atoms with Gasteiger partial charge in [0, 0.05) is 29.4 Å². The average molecular weight is 267 g/mol. The quantitative estimate of drug-likeness (QED) is 0.834. The first kappa shape index (κ1) is 11.3. The van der Waals surface area contributed by atoms with Crippen LogP contribution in [-0.2, 0) is 6.54 Å². The molecule has 0 atom stereocenters. The molecule has 2 aliphatic rings. The molecule has 4 rings (SSSR count). The Balaban J connectivity index is 2.08. The molecular formula is C15H13N3O2. The molecule has 0 aliphatic carbocycles. The molecule has 0 saturated carbocycles. The third-order valence-electron chi connectivity index (χ3n) is 4.00. The van der Waals surface area contributed by atoms with E-state index in [0.717, 1.165) is 27.7 Å². The maximum Gasteiger partial charge on any atom is 0.323 e. The Hall–Kier alpha value is -2.56. The van der Waals surface area contributed by atoms with Crippen LogP contribution in [-0.4, -0.2) is 23.4 Å². The van der Waals surface area contributed by atoms with Crippen molar-refractivity contribution in [2.24, 2.45) is 0 Å². The van der Waals surface area contributed by atoms with Gasteiger partial charge in [0.05, 0.1) is 11.4 Å². The summed E-state index contributed by atoms with van der Waals surface area (Å²) in [5, 5.41) is 7.48. The lowest BCUT2D eigenvalue weighted by molar-refractivity contribution is 0.0747. The van der Waals surface area contributed by atoms with Crippen molar-refractivity contribution in [1.29, 1.82) is 0 Å². The van der Waals surface area contributed by atoms with Gasteiger partial charge in [-0.05, 0) is 30.7 Å². The fourth-order valence-electron chi connectivity index (χ4n) is 3.06. The fourth-order valence-corrected chi connectivity index (χ4v) is 3.06. The zero-order valence-electron chi connectivity index (χ0n) is 11.0. The normalized spacial score (nSPS) is 16.1. The van der Waals surface area contributed by atoms with Crippen LogP contribution in [0.1, 0.15) is 22.8 Å². The molecule has 0 aromatic heterocycles. The van der Waals surface area contributed by atoms with E-state index in [9.17, 15) is 9.59 Å². The first-order valence-electron chi connectivity index (χ1n) is 6.65. The minimum absolute atomic E-state index is 0.0561. The van der Waals surface area contributed by atoms with Crippen LogP contribution in [0.5, 0.6) is 0 Å². The van der Waals surface area contributed by atoms with E-state index in [0.29, 0.717) is 18.7 Å². The predicted octanol–water partition coefficient (Wildman–Crippen LogP) is 2.77. The SMILES string of the molecule is CCN1Cc2ccc3c4c(ccc(c24)C1=O)NC(=O)N3. The molecule has 3 amide bonds. The maximum atomic E-state index is 12.4. The van der Waals surface area contributed by atoms with E-state index in [1.807, 2.05) is 24.0 Å². The van der Waals surface area contributed by atoms with Crippen LogP contribution >= 0.6 is 0 Å². The lowest BCUT2D eigenvalue weighted by atomic mass is 9.92. The van der Waals surface area contributed by atoms with Gasteiger partial charge in [0.15, 0.2) is 0 Å². The number of nitrogens with one attached hydrogen (secondary N) is 2. The van der Waals surface area contributed by atoms with Crippen molar-refractivity contribution in [1.82, 2.24) is 4.90 Å². The van der Waals surface area contributed by atoms with Gasteiger partial charge < -0.3 is 15.5 Å². The molecule has 2 heterocycles. The standard InChI is InChI=1S/C15H13N3O2/c1-2-18-7-8-3-5-10-13-11(17-15(20)16-10)6-4-9(12(8)13)14(18)19/h3-6H,2,7H2,1H3,(H2,16,17,20). The number of urea groups is 1. The van der Waals surface area contributed by atoms with E-state index < -0.39 is 0 Å². The topological polar surface area (TPSA) is 61.4 Å². The molecule has 5 heteroatoms. The first-order valence-corrected chi connectivity index (χ1v) is 6.65. The minimum atomic E-state index is -0.238. The predicted molar refractivity (Wildman–Crippen MR) is 77.0 cm³/mol. The summed E-state index contributed by atoms with van der Waals surface area (Å²) in [5.41, 5.74) is 3.37. The number of hydrogen-bond acceptors (Lipinski definition) is 2. The molecule has 20 heavy (non-hydrogen) atoms. The Kier molecular flexibility index (Phi) is 2.10. The minimum Gasteiger partial charge on any atom is -0.335 e. The Morgan fingerprint density at radius 2 is 1.75 bits per heavy atom. The van der Waals surface area contributed by atoms with Crippen LogP contribution in [0.25, 0.3) is 10.8 Å². The Morgan fingerprint density at radius 1 is 1.05 bits per heavy atom. The van der Waals surface area contributed by atoms with Gasteiger partial charge in [-0.2, -0.15) is 0 Å². The molecule has 0 radical (unpaired) electrons. The van der Waals surface area contributed by atoms with Crippen LogP contribution in [0.4, 0.5) is 16.2 Å². The molecule has 2 aromatic rings. The molecule has 2 aromatic carbocycles. The van der Waals surface area contributed by atoms with Gasteiger partial charge in [0.2, 0.25) is 0 Å². The molecule has 2 aliphatic heterocycles. The summed E-state index contributed by atoms with van der Waals surface area (Å²) >= 11 is 0. The van der Waals surface area contributed by atoms with Crippen LogP contribution in [0.2, 0.25) is 0 Å². The highest BCUT2D eigenvalue weighted by atomic mass is 16.2. The summed E-state index contributed by atoms with van der Waals surface area (Å²) in [5.74, 6) is 0.0561. The Morgan fingerprint density at radius 3 is 2.45 bits per heavy atom. The van der Waals surface area contributed by atoms with E-state index in [2.05, 4.69) is 10.6 Å². The first-order chi connectivity index (χ1) is 9.69. The number of nitrogens with zero attached hydrogens (tertiary/aromatic N) is 1. The number of amides is 3. The summed E-state index contributed by atoms with van der Waals surface area (Å²) in [6.45, 7) is 3.29. The van der Waals surface area contributed by atoms with Gasteiger partial charge in [-0.15, -0.1) is 0 Å². The zero-order valence-corrected chi connectivity index (χ0v) is 11.0. The Labute approximate surface area is 115 Å². The molecule has 100 valence electrons. The van der Waals surface area contributed by atoms with E-state index in [1.54, 1.807) is 12.1 Å². The van der Waals surface area contributed by atoms with Crippen molar-refractivity contribution in [3.63, 3.8) is 0 Å². The lowest BCUT2D eigenvalue weighted by Gasteiger charge is -2.30. The van der Waals surface area contributed by atoms with Crippen molar-refractivity contribution < 1.29 is 9.59 Å². The smallest absolute Gasteiger partial charge is 0.323 e. The van der Waals surface area contributed by atoms with Crippen molar-refractivity contribution in [3.8, 4) is 0 Å². The highest BCUT2D eigenvalue weighted by Gasteiger charge is 2.28. The fraction of sp³-hybridized carbons (Fsp3) is 0.200. The monoisotopic (exact) mass is 267 g/mol. The van der Waals surface area contributed by atoms with Gasteiger partial charge >= 0.3 is 6.03 Å². The molecule has 0 bridgehead atoms. The van der Waals surface area contributed by atoms with Crippen molar-refractivity contribution in [3.05, 3.63) is 35.4 Å². The second-order valence-corrected chi connectivity index (χ2v) is 5.08. The van der Waals surface area contributed by atoms with Crippen LogP contribution in [0.15, 0.2) is 24.3 Å². The number of hydrogen-bond donors (Lipinski definition) is 2. The van der Waals surface area contributed by atoms with Gasteiger partial charge in [-0.25, -0.2) is 4.79 Å². The van der Waals surface area contributed by atoms with Gasteiger partial charge in [0.1, 0.15) is 0 Å². The summed E-state index contributed by atoms with van der Waals surface area (Å²) in [7, 11) is 0. The molecule has 0 saturated heterocycles. The lowest BCUT2D eigenvalue weighted by Crippen LogP contribution is -2.34. The average Bonchev–Trinajstić information content (AvgIpc) is 2.45. The maximum absolute atomic E-state index is 12.4. The summed E-state index contributed by atoms with van der Waals surface area (Å²) in [6, 6.07) is 7.28. The molecular weight excluding hydrogens is 254 g/mol. The van der Waals surface area contributed by atoms with Gasteiger partial charge in [-0.1, -0.05) is 6.07 Å². The highest BCUT2D eigenvalue weighted by molar-refractivity contribution is 6.23. The van der Waals surface area contributed by atoms with Crippen molar-refractivity contribution in [2.75, 3.05) is 17.2 Å². The van der Waals surface area contributed by atoms with Crippen LogP contribution in [0.3, 0.4) is 0 Å². The van der Waals surface area contributed by atoms with Crippen molar-refractivity contribution in [2.45, 2.75) is 13.5 Å². The second-order valence-electron chi connectivity index (χ2n) is 5.08. The summed E-state index contributed by atoms with van der Waals surface area (Å²) in [4.78, 5) is 25.9. The van der Waals surface area contributed by atoms with E-state index >= 15 is 0 Å². The van der Waals surface area contributed by atoms with Crippen LogP contribution in [0, 0.1) is 0 Å². The molecule has 2 N–H and O–H groups in total. The molecule has 0 unspecified atom stereocenters. The third-order valence-corrected chi connectivity index (χ3v) is 4.00. The largest absolute Gasteiger partial charge is 0.335 e. The van der Waals surface area contributed by atoms with E-state index in [1.165, 1.54) is 0 Å². The third kappa shape index (κ3) is 1.32. The van der Waals surface area contributed by atoms with E-state index in [4.69, 9.17) is 0 Å². The second kappa shape index (κ2) is 3.72. The number of carbonyl (C=O) groups is 2. The summed E-state index contributed by atoms with van der Waals surface area (Å²) in [6.07, 6.45) is 0. The molecule has 0 fully saturated rings. The summed E-state index contributed by atoms with van der Waals surface area (Å²) < 4.78 is 0. The molecule has 5 nitrogen and oxygen atoms in total. The van der Waals surface area contributed by atoms with Gasteiger partial charge in [-0.3, -0.25) is 4.79 Å². The number of rotatable bonds is 1. The Bertz CT molecular complexity index is 768. The van der Waals surface area contributed by atoms with Crippen molar-refractivity contribution >= 4 is 34.1 Å².